The molecule has 0 aliphatic rings. The topological polar surface area (TPSA) is 42.7 Å². The molecular weight excluding hydrogens is 208 g/mol. The van der Waals surface area contributed by atoms with E-state index in [2.05, 4.69) is 46.1 Å². The molecule has 2 aromatic rings. The van der Waals surface area contributed by atoms with Crippen molar-refractivity contribution in [2.75, 3.05) is 11.7 Å². The van der Waals surface area contributed by atoms with Crippen LogP contribution in [0.1, 0.15) is 5.56 Å². The lowest BCUT2D eigenvalue weighted by molar-refractivity contribution is 0.835. The predicted molar refractivity (Wildman–Crippen MR) is 61.3 cm³/mol. The maximum absolute atomic E-state index is 3.71. The lowest BCUT2D eigenvalue weighted by Crippen LogP contribution is -2.11. The molecule has 0 bridgehead atoms. The summed E-state index contributed by atoms with van der Waals surface area (Å²) < 4.78 is 1.74. The monoisotopic (exact) mass is 220 g/mol. The molecule has 0 saturated heterocycles. The molecule has 1 aromatic heterocycles. The summed E-state index contributed by atoms with van der Waals surface area (Å²) in [6.45, 7) is 0.771. The van der Waals surface area contributed by atoms with Crippen molar-refractivity contribution in [2.45, 2.75) is 11.4 Å². The van der Waals surface area contributed by atoms with Crippen LogP contribution in [0.25, 0.3) is 0 Å². The molecule has 5 heteroatoms. The second kappa shape index (κ2) is 4.84. The van der Waals surface area contributed by atoms with Crippen LogP contribution in [0.2, 0.25) is 0 Å². The third-order valence-corrected chi connectivity index (χ3v) is 2.79. The summed E-state index contributed by atoms with van der Waals surface area (Å²) >= 11 is 1.75. The van der Waals surface area contributed by atoms with Crippen molar-refractivity contribution in [3.63, 3.8) is 0 Å². The van der Waals surface area contributed by atoms with Crippen LogP contribution >= 0.6 is 11.8 Å². The molecule has 0 radical (unpaired) electrons. The molecule has 4 nitrogen and oxygen atoms in total. The molecule has 15 heavy (non-hydrogen) atoms. The van der Waals surface area contributed by atoms with E-state index in [9.17, 15) is 0 Å². The molecule has 0 fully saturated rings. The van der Waals surface area contributed by atoms with E-state index in [-0.39, 0.29) is 0 Å². The van der Waals surface area contributed by atoms with Gasteiger partial charge in [-0.3, -0.25) is 0 Å². The van der Waals surface area contributed by atoms with Crippen LogP contribution < -0.4 is 5.43 Å². The Kier molecular flexibility index (Phi) is 3.24. The third kappa shape index (κ3) is 2.73. The van der Waals surface area contributed by atoms with Gasteiger partial charge in [0.05, 0.1) is 6.54 Å². The Hall–Kier alpha value is -1.49. The summed E-state index contributed by atoms with van der Waals surface area (Å²) in [4.78, 5) is 1.28. The molecular formula is C10H12N4S. The Labute approximate surface area is 92.7 Å². The van der Waals surface area contributed by atoms with Crippen molar-refractivity contribution >= 4 is 11.8 Å². The fraction of sp³-hybridized carbons (Fsp3) is 0.200. The van der Waals surface area contributed by atoms with Gasteiger partial charge >= 0.3 is 0 Å². The number of nitrogens with zero attached hydrogens (tertiary/aromatic N) is 3. The van der Waals surface area contributed by atoms with Crippen LogP contribution in [-0.2, 0) is 6.54 Å². The van der Waals surface area contributed by atoms with Gasteiger partial charge in [0.1, 0.15) is 12.7 Å². The summed E-state index contributed by atoms with van der Waals surface area (Å²) in [5.74, 6) is 0. The number of aromatic nitrogens is 3. The second-order valence-electron chi connectivity index (χ2n) is 3.05. The Morgan fingerprint density at radius 3 is 2.47 bits per heavy atom. The predicted octanol–water partition coefficient (Wildman–Crippen LogP) is 1.74. The van der Waals surface area contributed by atoms with Crippen molar-refractivity contribution in [2.24, 2.45) is 0 Å². The van der Waals surface area contributed by atoms with E-state index in [1.54, 1.807) is 29.1 Å². The summed E-state index contributed by atoms with van der Waals surface area (Å²) in [7, 11) is 0. The fourth-order valence-corrected chi connectivity index (χ4v) is 1.62. The maximum atomic E-state index is 3.71. The molecule has 1 N–H and O–H groups in total. The first-order chi connectivity index (χ1) is 7.38. The highest BCUT2D eigenvalue weighted by atomic mass is 32.2. The highest BCUT2D eigenvalue weighted by Crippen LogP contribution is 2.14. The molecule has 0 unspecified atom stereocenters. The largest absolute Gasteiger partial charge is 0.319 e. The van der Waals surface area contributed by atoms with Crippen LogP contribution in [0.4, 0.5) is 0 Å². The van der Waals surface area contributed by atoms with Crippen LogP contribution in [0.3, 0.4) is 0 Å². The average Bonchev–Trinajstić information content (AvgIpc) is 2.80. The normalized spacial score (nSPS) is 10.2. The number of hydrogen-bond acceptors (Lipinski definition) is 4. The minimum Gasteiger partial charge on any atom is -0.319 e. The zero-order valence-electron chi connectivity index (χ0n) is 8.42. The molecule has 2 rings (SSSR count). The highest BCUT2D eigenvalue weighted by molar-refractivity contribution is 7.98. The van der Waals surface area contributed by atoms with E-state index in [0.717, 1.165) is 6.54 Å². The molecule has 0 spiro atoms. The van der Waals surface area contributed by atoms with Crippen molar-refractivity contribution in [1.82, 2.24) is 14.9 Å². The zero-order chi connectivity index (χ0) is 10.5. The Morgan fingerprint density at radius 2 is 1.87 bits per heavy atom. The van der Waals surface area contributed by atoms with Gasteiger partial charge in [-0.15, -0.1) is 22.0 Å². The molecule has 0 saturated carbocycles. The maximum Gasteiger partial charge on any atom is 0.138 e. The number of hydrogen-bond donors (Lipinski definition) is 1. The van der Waals surface area contributed by atoms with Gasteiger partial charge in [0.15, 0.2) is 0 Å². The van der Waals surface area contributed by atoms with E-state index in [0.29, 0.717) is 0 Å². The zero-order valence-corrected chi connectivity index (χ0v) is 9.24. The molecule has 1 aromatic carbocycles. The second-order valence-corrected chi connectivity index (χ2v) is 3.93. The summed E-state index contributed by atoms with van der Waals surface area (Å²) in [5.41, 5.74) is 4.40. The number of rotatable bonds is 4. The Bertz CT molecular complexity index is 396. The van der Waals surface area contributed by atoms with Gasteiger partial charge in [-0.25, -0.2) is 4.68 Å². The summed E-state index contributed by atoms with van der Waals surface area (Å²) in [6.07, 6.45) is 5.34. The lowest BCUT2D eigenvalue weighted by atomic mass is 10.2. The first kappa shape index (κ1) is 10.0. The van der Waals surface area contributed by atoms with Crippen molar-refractivity contribution in [3.8, 4) is 0 Å². The summed E-state index contributed by atoms with van der Waals surface area (Å²) in [5, 5.41) is 7.42. The first-order valence-corrected chi connectivity index (χ1v) is 5.82. The molecule has 78 valence electrons. The van der Waals surface area contributed by atoms with Gasteiger partial charge in [0, 0.05) is 4.90 Å². The van der Waals surface area contributed by atoms with Gasteiger partial charge in [-0.2, -0.15) is 0 Å². The van der Waals surface area contributed by atoms with E-state index in [1.807, 2.05) is 0 Å². The van der Waals surface area contributed by atoms with Gasteiger partial charge in [0.25, 0.3) is 0 Å². The van der Waals surface area contributed by atoms with Crippen molar-refractivity contribution in [3.05, 3.63) is 42.5 Å². The lowest BCUT2D eigenvalue weighted by Gasteiger charge is -2.06. The minimum absolute atomic E-state index is 0.771. The number of nitrogens with one attached hydrogen (secondary N) is 1. The first-order valence-electron chi connectivity index (χ1n) is 4.60. The van der Waals surface area contributed by atoms with Gasteiger partial charge < -0.3 is 5.43 Å². The minimum atomic E-state index is 0.771. The van der Waals surface area contributed by atoms with Crippen LogP contribution in [0.15, 0.2) is 41.8 Å². The standard InChI is InChI=1S/C10H12N4S/c1-15-10-4-2-9(3-5-10)6-13-14-7-11-12-8-14/h2-5,7-8,13H,6H2,1H3. The van der Waals surface area contributed by atoms with Crippen molar-refractivity contribution < 1.29 is 0 Å². The summed E-state index contributed by atoms with van der Waals surface area (Å²) in [6, 6.07) is 8.47. The fourth-order valence-electron chi connectivity index (χ4n) is 1.21. The van der Waals surface area contributed by atoms with Crippen LogP contribution in [0, 0.1) is 0 Å². The molecule has 0 amide bonds. The highest BCUT2D eigenvalue weighted by Gasteiger charge is 1.94. The molecule has 0 aliphatic carbocycles. The van der Waals surface area contributed by atoms with E-state index in [1.165, 1.54) is 10.5 Å². The number of thioether (sulfide) groups is 1. The smallest absolute Gasteiger partial charge is 0.138 e. The van der Waals surface area contributed by atoms with Gasteiger partial charge in [-0.05, 0) is 24.0 Å². The molecule has 1 heterocycles. The van der Waals surface area contributed by atoms with Crippen LogP contribution in [0.5, 0.6) is 0 Å². The van der Waals surface area contributed by atoms with E-state index in [4.69, 9.17) is 0 Å². The molecule has 0 aliphatic heterocycles. The molecule has 0 atom stereocenters. The quantitative estimate of drug-likeness (QED) is 0.797. The number of benzene rings is 1. The van der Waals surface area contributed by atoms with Crippen LogP contribution in [-0.4, -0.2) is 21.1 Å². The Morgan fingerprint density at radius 1 is 1.20 bits per heavy atom. The SMILES string of the molecule is CSc1ccc(CNn2cnnc2)cc1. The van der Waals surface area contributed by atoms with Crippen molar-refractivity contribution in [1.29, 1.82) is 0 Å². The van der Waals surface area contributed by atoms with E-state index >= 15 is 0 Å². The average molecular weight is 220 g/mol. The van der Waals surface area contributed by atoms with Gasteiger partial charge in [-0.1, -0.05) is 12.1 Å². The third-order valence-electron chi connectivity index (χ3n) is 2.04. The van der Waals surface area contributed by atoms with E-state index < -0.39 is 0 Å². The van der Waals surface area contributed by atoms with Gasteiger partial charge in [0.2, 0.25) is 0 Å². The Balaban J connectivity index is 1.93.